The fourth-order valence-corrected chi connectivity index (χ4v) is 2.48. The number of hydrogen-bond donors (Lipinski definition) is 1. The Hall–Kier alpha value is -0.260. The van der Waals surface area contributed by atoms with Crippen molar-refractivity contribution in [3.05, 3.63) is 0 Å². The van der Waals surface area contributed by atoms with E-state index in [9.17, 15) is 4.79 Å². The Kier molecular flexibility index (Phi) is 7.63. The van der Waals surface area contributed by atoms with Crippen LogP contribution in [0.1, 0.15) is 12.8 Å². The number of hydrogen-bond acceptors (Lipinski definition) is 4. The lowest BCUT2D eigenvalue weighted by atomic mass is 10.3. The van der Waals surface area contributed by atoms with Crippen LogP contribution in [0, 0.1) is 0 Å². The predicted molar refractivity (Wildman–Crippen MR) is 67.9 cm³/mol. The van der Waals surface area contributed by atoms with Crippen molar-refractivity contribution in [2.24, 2.45) is 0 Å². The molecule has 1 saturated heterocycles. The molecule has 1 aliphatic rings. The molecule has 1 aliphatic heterocycles. The second-order valence-corrected chi connectivity index (χ2v) is 5.06. The number of carbonyl (C=O) groups is 1. The van der Waals surface area contributed by atoms with Gasteiger partial charge in [0.1, 0.15) is 0 Å². The molecule has 0 bridgehead atoms. The van der Waals surface area contributed by atoms with Crippen molar-refractivity contribution in [1.29, 1.82) is 0 Å². The Labute approximate surface area is 102 Å². The number of ether oxygens (including phenoxy) is 1. The average Bonchev–Trinajstić information content (AvgIpc) is 2.34. The monoisotopic (exact) mass is 246 g/mol. The van der Waals surface area contributed by atoms with Gasteiger partial charge in [0.25, 0.3) is 0 Å². The van der Waals surface area contributed by atoms with Crippen molar-refractivity contribution in [2.75, 3.05) is 51.4 Å². The van der Waals surface area contributed by atoms with E-state index in [0.29, 0.717) is 12.3 Å². The van der Waals surface area contributed by atoms with E-state index in [4.69, 9.17) is 4.74 Å². The molecule has 4 nitrogen and oxygen atoms in total. The summed E-state index contributed by atoms with van der Waals surface area (Å²) in [6.45, 7) is 4.43. The van der Waals surface area contributed by atoms with Crippen LogP contribution in [0.4, 0.5) is 0 Å². The molecule has 0 unspecified atom stereocenters. The first-order valence-electron chi connectivity index (χ1n) is 5.90. The van der Waals surface area contributed by atoms with Crippen molar-refractivity contribution in [3.63, 3.8) is 0 Å². The highest BCUT2D eigenvalue weighted by Gasteiger charge is 2.15. The fourth-order valence-electron chi connectivity index (χ4n) is 1.64. The number of nitrogens with one attached hydrogen (secondary N) is 1. The van der Waals surface area contributed by atoms with Gasteiger partial charge in [0.05, 0.1) is 0 Å². The summed E-state index contributed by atoms with van der Waals surface area (Å²) in [7, 11) is 1.72. The van der Waals surface area contributed by atoms with Crippen LogP contribution in [0.3, 0.4) is 0 Å². The van der Waals surface area contributed by atoms with E-state index in [1.807, 2.05) is 16.7 Å². The van der Waals surface area contributed by atoms with E-state index in [-0.39, 0.29) is 0 Å². The molecule has 0 aromatic carbocycles. The first-order valence-corrected chi connectivity index (χ1v) is 7.05. The molecule has 0 aromatic rings. The predicted octanol–water partition coefficient (Wildman–Crippen LogP) is 0.578. The van der Waals surface area contributed by atoms with Crippen LogP contribution in [0.5, 0.6) is 0 Å². The van der Waals surface area contributed by atoms with Crippen molar-refractivity contribution in [3.8, 4) is 0 Å². The fraction of sp³-hybridized carbons (Fsp3) is 0.909. The van der Waals surface area contributed by atoms with E-state index in [1.54, 1.807) is 7.11 Å². The lowest BCUT2D eigenvalue weighted by Crippen LogP contribution is -2.46. The van der Waals surface area contributed by atoms with Gasteiger partial charge in [-0.15, -0.1) is 0 Å². The van der Waals surface area contributed by atoms with E-state index in [1.165, 1.54) is 0 Å². The molecule has 1 amide bonds. The Bertz CT molecular complexity index is 196. The Morgan fingerprint density at radius 2 is 2.12 bits per heavy atom. The molecule has 5 heteroatoms. The standard InChI is InChI=1S/C11H22N2O2S/c1-15-8-2-9-16-10-3-11(14)13-6-4-12-5-7-13/h12H,2-10H2,1H3. The largest absolute Gasteiger partial charge is 0.385 e. The van der Waals surface area contributed by atoms with Gasteiger partial charge in [-0.25, -0.2) is 0 Å². The van der Waals surface area contributed by atoms with E-state index in [0.717, 1.165) is 50.7 Å². The number of thioether (sulfide) groups is 1. The minimum absolute atomic E-state index is 0.306. The van der Waals surface area contributed by atoms with Crippen LogP contribution in [0.2, 0.25) is 0 Å². The molecule has 94 valence electrons. The number of rotatable bonds is 7. The van der Waals surface area contributed by atoms with Gasteiger partial charge in [0, 0.05) is 52.1 Å². The third-order valence-corrected chi connectivity index (χ3v) is 3.64. The zero-order chi connectivity index (χ0) is 11.6. The normalized spacial score (nSPS) is 16.4. The zero-order valence-electron chi connectivity index (χ0n) is 10.0. The highest BCUT2D eigenvalue weighted by molar-refractivity contribution is 7.99. The Morgan fingerprint density at radius 3 is 2.81 bits per heavy atom. The molecule has 0 aliphatic carbocycles. The third kappa shape index (κ3) is 5.72. The summed E-state index contributed by atoms with van der Waals surface area (Å²) in [6.07, 6.45) is 1.75. The van der Waals surface area contributed by atoms with Crippen LogP contribution in [-0.2, 0) is 9.53 Å². The first kappa shape index (κ1) is 13.8. The van der Waals surface area contributed by atoms with Crippen molar-refractivity contribution in [2.45, 2.75) is 12.8 Å². The summed E-state index contributed by atoms with van der Waals surface area (Å²) in [6, 6.07) is 0. The molecule has 1 rings (SSSR count). The van der Waals surface area contributed by atoms with Crippen molar-refractivity contribution < 1.29 is 9.53 Å². The second-order valence-electron chi connectivity index (χ2n) is 3.84. The third-order valence-electron chi connectivity index (χ3n) is 2.57. The quantitative estimate of drug-likeness (QED) is 0.667. The van der Waals surface area contributed by atoms with Crippen molar-refractivity contribution >= 4 is 17.7 Å². The van der Waals surface area contributed by atoms with E-state index < -0.39 is 0 Å². The van der Waals surface area contributed by atoms with Gasteiger partial charge in [-0.3, -0.25) is 4.79 Å². The summed E-state index contributed by atoms with van der Waals surface area (Å²) in [5, 5.41) is 3.25. The molecule has 1 N–H and O–H groups in total. The van der Waals surface area contributed by atoms with Gasteiger partial charge >= 0.3 is 0 Å². The smallest absolute Gasteiger partial charge is 0.223 e. The van der Waals surface area contributed by atoms with Gasteiger partial charge < -0.3 is 15.0 Å². The van der Waals surface area contributed by atoms with Crippen LogP contribution in [-0.4, -0.2) is 62.2 Å². The molecule has 0 saturated carbocycles. The van der Waals surface area contributed by atoms with Crippen LogP contribution < -0.4 is 5.32 Å². The van der Waals surface area contributed by atoms with Crippen LogP contribution >= 0.6 is 11.8 Å². The van der Waals surface area contributed by atoms with Gasteiger partial charge in [0.2, 0.25) is 5.91 Å². The average molecular weight is 246 g/mol. The van der Waals surface area contributed by atoms with E-state index >= 15 is 0 Å². The number of amides is 1. The van der Waals surface area contributed by atoms with Gasteiger partial charge in [-0.1, -0.05) is 0 Å². The zero-order valence-corrected chi connectivity index (χ0v) is 10.9. The summed E-state index contributed by atoms with van der Waals surface area (Å²) in [4.78, 5) is 13.7. The lowest BCUT2D eigenvalue weighted by molar-refractivity contribution is -0.131. The molecule has 0 spiro atoms. The number of methoxy groups -OCH3 is 1. The molecular weight excluding hydrogens is 224 g/mol. The summed E-state index contributed by atoms with van der Waals surface area (Å²) in [5.41, 5.74) is 0. The second kappa shape index (κ2) is 8.84. The van der Waals surface area contributed by atoms with Gasteiger partial charge in [0.15, 0.2) is 0 Å². The molecule has 0 aromatic heterocycles. The lowest BCUT2D eigenvalue weighted by Gasteiger charge is -2.27. The number of carbonyl (C=O) groups excluding carboxylic acids is 1. The minimum atomic E-state index is 0.306. The number of nitrogens with zero attached hydrogens (tertiary/aromatic N) is 1. The molecular formula is C11H22N2O2S. The Balaban J connectivity index is 1.97. The SMILES string of the molecule is COCCCSCCC(=O)N1CCNCC1. The minimum Gasteiger partial charge on any atom is -0.385 e. The van der Waals surface area contributed by atoms with Gasteiger partial charge in [-0.2, -0.15) is 11.8 Å². The summed E-state index contributed by atoms with van der Waals surface area (Å²) in [5.74, 6) is 2.33. The Morgan fingerprint density at radius 1 is 1.38 bits per heavy atom. The maximum absolute atomic E-state index is 11.7. The maximum Gasteiger partial charge on any atom is 0.223 e. The van der Waals surface area contributed by atoms with Gasteiger partial charge in [-0.05, 0) is 12.2 Å². The van der Waals surface area contributed by atoms with Crippen molar-refractivity contribution in [1.82, 2.24) is 10.2 Å². The van der Waals surface area contributed by atoms with E-state index in [2.05, 4.69) is 5.32 Å². The number of piperazine rings is 1. The summed E-state index contributed by atoms with van der Waals surface area (Å²) < 4.78 is 4.97. The molecule has 0 radical (unpaired) electrons. The summed E-state index contributed by atoms with van der Waals surface area (Å²) >= 11 is 1.84. The van der Waals surface area contributed by atoms with Crippen LogP contribution in [0.25, 0.3) is 0 Å². The molecule has 1 fully saturated rings. The highest BCUT2D eigenvalue weighted by Crippen LogP contribution is 2.07. The van der Waals surface area contributed by atoms with Crippen LogP contribution in [0.15, 0.2) is 0 Å². The first-order chi connectivity index (χ1) is 7.84. The maximum atomic E-state index is 11.7. The molecule has 0 atom stereocenters. The molecule has 16 heavy (non-hydrogen) atoms. The topological polar surface area (TPSA) is 41.6 Å². The highest BCUT2D eigenvalue weighted by atomic mass is 32.2. The molecule has 1 heterocycles.